The standard InChI is InChI=1S/C7H10N4O/c8-6-1-7(10-4-9-6)11-2-5(12)3-11/h1,4-5,12H,2-3H2,(H2,8,9,10). The maximum atomic E-state index is 9.03. The molecule has 5 nitrogen and oxygen atoms in total. The smallest absolute Gasteiger partial charge is 0.134 e. The van der Waals surface area contributed by atoms with E-state index in [2.05, 4.69) is 9.97 Å². The molecule has 1 aliphatic heterocycles. The highest BCUT2D eigenvalue weighted by atomic mass is 16.3. The molecule has 0 atom stereocenters. The fourth-order valence-electron chi connectivity index (χ4n) is 1.18. The number of aliphatic hydroxyl groups excluding tert-OH is 1. The number of anilines is 2. The maximum absolute atomic E-state index is 9.03. The van der Waals surface area contributed by atoms with Crippen molar-refractivity contribution in [3.05, 3.63) is 12.4 Å². The second-order valence-corrected chi connectivity index (χ2v) is 2.86. The monoisotopic (exact) mass is 166 g/mol. The van der Waals surface area contributed by atoms with Gasteiger partial charge in [0.1, 0.15) is 18.0 Å². The Balaban J connectivity index is 2.13. The van der Waals surface area contributed by atoms with E-state index in [1.165, 1.54) is 6.33 Å². The average molecular weight is 166 g/mol. The SMILES string of the molecule is Nc1cc(N2CC(O)C2)ncn1. The van der Waals surface area contributed by atoms with E-state index in [-0.39, 0.29) is 6.10 Å². The molecule has 1 aromatic heterocycles. The first-order chi connectivity index (χ1) is 5.75. The molecule has 2 rings (SSSR count). The highest BCUT2D eigenvalue weighted by Crippen LogP contribution is 2.18. The molecule has 1 fully saturated rings. The Morgan fingerprint density at radius 1 is 1.50 bits per heavy atom. The molecule has 1 saturated heterocycles. The van der Waals surface area contributed by atoms with Crippen molar-refractivity contribution in [2.75, 3.05) is 23.7 Å². The summed E-state index contributed by atoms with van der Waals surface area (Å²) in [5, 5.41) is 9.03. The van der Waals surface area contributed by atoms with Gasteiger partial charge in [-0.1, -0.05) is 0 Å². The van der Waals surface area contributed by atoms with Crippen LogP contribution in [0, 0.1) is 0 Å². The largest absolute Gasteiger partial charge is 0.389 e. The molecule has 0 aliphatic carbocycles. The van der Waals surface area contributed by atoms with Crippen LogP contribution in [-0.2, 0) is 0 Å². The zero-order valence-electron chi connectivity index (χ0n) is 6.51. The van der Waals surface area contributed by atoms with Gasteiger partial charge < -0.3 is 15.7 Å². The van der Waals surface area contributed by atoms with Crippen molar-refractivity contribution in [1.29, 1.82) is 0 Å². The molecule has 5 heteroatoms. The minimum Gasteiger partial charge on any atom is -0.389 e. The van der Waals surface area contributed by atoms with Gasteiger partial charge in [0.05, 0.1) is 6.10 Å². The first-order valence-electron chi connectivity index (χ1n) is 3.76. The van der Waals surface area contributed by atoms with Crippen molar-refractivity contribution in [2.24, 2.45) is 0 Å². The van der Waals surface area contributed by atoms with E-state index >= 15 is 0 Å². The average Bonchev–Trinajstić information content (AvgIpc) is 1.99. The van der Waals surface area contributed by atoms with Gasteiger partial charge in [-0.2, -0.15) is 0 Å². The van der Waals surface area contributed by atoms with Crippen LogP contribution in [0.4, 0.5) is 11.6 Å². The fraction of sp³-hybridized carbons (Fsp3) is 0.429. The third kappa shape index (κ3) is 1.18. The van der Waals surface area contributed by atoms with Crippen molar-refractivity contribution >= 4 is 11.6 Å². The molecule has 12 heavy (non-hydrogen) atoms. The molecule has 0 aromatic carbocycles. The number of nitrogens with two attached hydrogens (primary N) is 1. The predicted octanol–water partition coefficient (Wildman–Crippen LogP) is -0.760. The topological polar surface area (TPSA) is 75.3 Å². The van der Waals surface area contributed by atoms with Crippen molar-refractivity contribution in [3.8, 4) is 0 Å². The number of aliphatic hydroxyl groups is 1. The molecule has 3 N–H and O–H groups in total. The summed E-state index contributed by atoms with van der Waals surface area (Å²) in [6, 6.07) is 1.70. The lowest BCUT2D eigenvalue weighted by Crippen LogP contribution is -2.51. The van der Waals surface area contributed by atoms with E-state index in [9.17, 15) is 0 Å². The lowest BCUT2D eigenvalue weighted by molar-refractivity contribution is 0.141. The second kappa shape index (κ2) is 2.60. The van der Waals surface area contributed by atoms with E-state index < -0.39 is 0 Å². The van der Waals surface area contributed by atoms with E-state index in [4.69, 9.17) is 10.8 Å². The molecule has 0 unspecified atom stereocenters. The summed E-state index contributed by atoms with van der Waals surface area (Å²) in [6.07, 6.45) is 1.20. The molecule has 1 aliphatic rings. The molecule has 0 bridgehead atoms. The van der Waals surface area contributed by atoms with Gasteiger partial charge in [-0.15, -0.1) is 0 Å². The highest BCUT2D eigenvalue weighted by molar-refractivity contribution is 5.47. The van der Waals surface area contributed by atoms with Gasteiger partial charge in [-0.3, -0.25) is 0 Å². The third-order valence-electron chi connectivity index (χ3n) is 1.86. The summed E-state index contributed by atoms with van der Waals surface area (Å²) in [4.78, 5) is 9.74. The van der Waals surface area contributed by atoms with Gasteiger partial charge in [0, 0.05) is 19.2 Å². The maximum Gasteiger partial charge on any atom is 0.134 e. The van der Waals surface area contributed by atoms with Gasteiger partial charge in [0.2, 0.25) is 0 Å². The summed E-state index contributed by atoms with van der Waals surface area (Å²) in [6.45, 7) is 1.27. The third-order valence-corrected chi connectivity index (χ3v) is 1.86. The van der Waals surface area contributed by atoms with Crippen LogP contribution in [0.15, 0.2) is 12.4 Å². The van der Waals surface area contributed by atoms with Gasteiger partial charge in [-0.05, 0) is 0 Å². The Hall–Kier alpha value is -1.36. The Labute approximate surface area is 69.9 Å². The minimum atomic E-state index is -0.221. The van der Waals surface area contributed by atoms with Gasteiger partial charge >= 0.3 is 0 Å². The van der Waals surface area contributed by atoms with Crippen LogP contribution < -0.4 is 10.6 Å². The summed E-state index contributed by atoms with van der Waals surface area (Å²) >= 11 is 0. The van der Waals surface area contributed by atoms with Gasteiger partial charge in [-0.25, -0.2) is 9.97 Å². The van der Waals surface area contributed by atoms with Crippen LogP contribution in [0.2, 0.25) is 0 Å². The van der Waals surface area contributed by atoms with Crippen molar-refractivity contribution < 1.29 is 5.11 Å². The van der Waals surface area contributed by atoms with Crippen LogP contribution >= 0.6 is 0 Å². The number of hydrogen-bond donors (Lipinski definition) is 2. The zero-order chi connectivity index (χ0) is 8.55. The lowest BCUT2D eigenvalue weighted by atomic mass is 10.2. The first-order valence-corrected chi connectivity index (χ1v) is 3.76. The minimum absolute atomic E-state index is 0.221. The van der Waals surface area contributed by atoms with Crippen molar-refractivity contribution in [3.63, 3.8) is 0 Å². The van der Waals surface area contributed by atoms with Crippen molar-refractivity contribution in [1.82, 2.24) is 9.97 Å². The van der Waals surface area contributed by atoms with Gasteiger partial charge in [0.25, 0.3) is 0 Å². The van der Waals surface area contributed by atoms with E-state index in [1.54, 1.807) is 6.07 Å². The fourth-order valence-corrected chi connectivity index (χ4v) is 1.18. The number of nitrogens with zero attached hydrogens (tertiary/aromatic N) is 3. The summed E-state index contributed by atoms with van der Waals surface area (Å²) in [5.74, 6) is 1.24. The van der Waals surface area contributed by atoms with E-state index in [0.717, 1.165) is 5.82 Å². The molecular weight excluding hydrogens is 156 g/mol. The number of rotatable bonds is 1. The number of β-amino-alcohol motifs (C(OH)–C–C–N with tert-alkyl or cyclic N) is 1. The van der Waals surface area contributed by atoms with Crippen LogP contribution in [0.1, 0.15) is 0 Å². The summed E-state index contributed by atoms with van der Waals surface area (Å²) in [7, 11) is 0. The molecule has 0 spiro atoms. The molecule has 64 valence electrons. The number of aromatic nitrogens is 2. The number of nitrogen functional groups attached to an aromatic ring is 1. The molecule has 2 heterocycles. The summed E-state index contributed by atoms with van der Waals surface area (Å²) in [5.41, 5.74) is 5.47. The molecule has 0 radical (unpaired) electrons. The van der Waals surface area contributed by atoms with E-state index in [1.807, 2.05) is 4.90 Å². The van der Waals surface area contributed by atoms with Crippen molar-refractivity contribution in [2.45, 2.75) is 6.10 Å². The van der Waals surface area contributed by atoms with Crippen LogP contribution in [0.5, 0.6) is 0 Å². The Bertz CT molecular complexity index is 284. The molecular formula is C7H10N4O. The number of hydrogen-bond acceptors (Lipinski definition) is 5. The van der Waals surface area contributed by atoms with Crippen LogP contribution in [-0.4, -0.2) is 34.3 Å². The molecule has 0 saturated carbocycles. The van der Waals surface area contributed by atoms with Gasteiger partial charge in [0.15, 0.2) is 0 Å². The molecule has 1 aromatic rings. The Morgan fingerprint density at radius 2 is 2.25 bits per heavy atom. The lowest BCUT2D eigenvalue weighted by Gasteiger charge is -2.36. The normalized spacial score (nSPS) is 17.6. The van der Waals surface area contributed by atoms with Crippen LogP contribution in [0.3, 0.4) is 0 Å². The zero-order valence-corrected chi connectivity index (χ0v) is 6.51. The highest BCUT2D eigenvalue weighted by Gasteiger charge is 2.25. The second-order valence-electron chi connectivity index (χ2n) is 2.86. The Kier molecular flexibility index (Phi) is 1.58. The predicted molar refractivity (Wildman–Crippen MR) is 44.7 cm³/mol. The quantitative estimate of drug-likeness (QED) is 0.573. The Morgan fingerprint density at radius 3 is 2.83 bits per heavy atom. The molecule has 0 amide bonds. The first kappa shape index (κ1) is 7.30. The van der Waals surface area contributed by atoms with E-state index in [0.29, 0.717) is 18.9 Å². The summed E-state index contributed by atoms with van der Waals surface area (Å²) < 4.78 is 0. The van der Waals surface area contributed by atoms with Crippen LogP contribution in [0.25, 0.3) is 0 Å².